The van der Waals surface area contributed by atoms with Crippen LogP contribution in [-0.4, -0.2) is 34.7 Å². The molecule has 0 heterocycles. The van der Waals surface area contributed by atoms with Crippen LogP contribution in [0.3, 0.4) is 0 Å². The van der Waals surface area contributed by atoms with E-state index < -0.39 is 17.9 Å². The molecule has 0 aromatic carbocycles. The summed E-state index contributed by atoms with van der Waals surface area (Å²) in [5.41, 5.74) is 0. The van der Waals surface area contributed by atoms with Crippen LogP contribution in [-0.2, 0) is 19.1 Å². The molecule has 7 heteroatoms. The van der Waals surface area contributed by atoms with Crippen LogP contribution in [0.1, 0.15) is 19.3 Å². The van der Waals surface area contributed by atoms with Gasteiger partial charge in [-0.05, 0) is 0 Å². The second-order valence-electron chi connectivity index (χ2n) is 2.26. The Labute approximate surface area is 80.3 Å². The second kappa shape index (κ2) is 7.99. The van der Waals surface area contributed by atoms with Crippen molar-refractivity contribution in [3.63, 3.8) is 0 Å². The summed E-state index contributed by atoms with van der Waals surface area (Å²) in [5.74, 6) is -2.84. The third kappa shape index (κ3) is 10.4. The van der Waals surface area contributed by atoms with Crippen LogP contribution in [0.5, 0.6) is 0 Å². The van der Waals surface area contributed by atoms with E-state index in [0.29, 0.717) is 0 Å². The number of carboxylic acid groups (broad SMARTS) is 2. The molecule has 0 fully saturated rings. The normalized spacial score (nSPS) is 8.57. The van der Waals surface area contributed by atoms with Crippen LogP contribution >= 0.6 is 0 Å². The predicted octanol–water partition coefficient (Wildman–Crippen LogP) is 0.0311. The van der Waals surface area contributed by atoms with Crippen molar-refractivity contribution in [3.05, 3.63) is 0 Å². The lowest BCUT2D eigenvalue weighted by Gasteiger charge is -2.00. The van der Waals surface area contributed by atoms with Gasteiger partial charge in [0.15, 0.2) is 0 Å². The van der Waals surface area contributed by atoms with Gasteiger partial charge >= 0.3 is 17.9 Å². The van der Waals surface area contributed by atoms with Crippen LogP contribution in [0.25, 0.3) is 0 Å². The number of hydrogen-bond acceptors (Lipinski definition) is 5. The number of esters is 1. The van der Waals surface area contributed by atoms with Gasteiger partial charge in [-0.25, -0.2) is 0 Å². The van der Waals surface area contributed by atoms with Crippen LogP contribution < -0.4 is 6.15 Å². The number of aliphatic carboxylic acids is 2. The van der Waals surface area contributed by atoms with Gasteiger partial charge in [0.25, 0.3) is 0 Å². The third-order valence-electron chi connectivity index (χ3n) is 1.12. The summed E-state index contributed by atoms with van der Waals surface area (Å²) >= 11 is 0. The Balaban J connectivity index is 0. The molecule has 0 aromatic heterocycles. The van der Waals surface area contributed by atoms with Crippen LogP contribution in [0, 0.1) is 0 Å². The average Bonchev–Trinajstić information content (AvgIpc) is 2.00. The van der Waals surface area contributed by atoms with Crippen LogP contribution in [0.2, 0.25) is 0 Å². The summed E-state index contributed by atoms with van der Waals surface area (Å²) in [7, 11) is 0. The summed E-state index contributed by atoms with van der Waals surface area (Å²) in [6, 6.07) is 0. The lowest BCUT2D eigenvalue weighted by Crippen LogP contribution is -2.10. The van der Waals surface area contributed by atoms with Gasteiger partial charge in [-0.1, -0.05) is 0 Å². The maximum Gasteiger partial charge on any atom is 0.306 e. The molecule has 0 aliphatic rings. The second-order valence-corrected chi connectivity index (χ2v) is 2.26. The average molecular weight is 207 g/mol. The maximum atomic E-state index is 10.7. The van der Waals surface area contributed by atoms with E-state index in [2.05, 4.69) is 4.74 Å². The first-order valence-electron chi connectivity index (χ1n) is 3.61. The summed E-state index contributed by atoms with van der Waals surface area (Å²) in [6.45, 7) is -0.214. The molecule has 14 heavy (non-hydrogen) atoms. The molecule has 0 aliphatic carbocycles. The minimum atomic E-state index is -1.09. The van der Waals surface area contributed by atoms with Crippen molar-refractivity contribution in [2.45, 2.75) is 19.3 Å². The summed E-state index contributed by atoms with van der Waals surface area (Å²) in [4.78, 5) is 30.6. The molecule has 0 bridgehead atoms. The third-order valence-corrected chi connectivity index (χ3v) is 1.12. The molecule has 0 radical (unpaired) electrons. The van der Waals surface area contributed by atoms with Gasteiger partial charge in [0, 0.05) is 0 Å². The molecule has 0 saturated heterocycles. The topological polar surface area (TPSA) is 136 Å². The number of hydrogen-bond donors (Lipinski definition) is 3. The lowest BCUT2D eigenvalue weighted by molar-refractivity contribution is -0.149. The van der Waals surface area contributed by atoms with Crippen molar-refractivity contribution in [1.29, 1.82) is 0 Å². The fourth-order valence-electron chi connectivity index (χ4n) is 0.533. The molecule has 0 aliphatic heterocycles. The van der Waals surface area contributed by atoms with Gasteiger partial charge in [0.1, 0.15) is 6.61 Å². The molecule has 0 spiro atoms. The highest BCUT2D eigenvalue weighted by Crippen LogP contribution is 1.93. The Bertz CT molecular complexity index is 214. The van der Waals surface area contributed by atoms with Gasteiger partial charge in [-0.3, -0.25) is 14.4 Å². The molecule has 7 nitrogen and oxygen atoms in total. The Morgan fingerprint density at radius 2 is 1.43 bits per heavy atom. The zero-order valence-electron chi connectivity index (χ0n) is 7.56. The van der Waals surface area contributed by atoms with E-state index in [9.17, 15) is 14.4 Å². The summed E-state index contributed by atoms with van der Waals surface area (Å²) in [6.07, 6.45) is -0.792. The first-order valence-corrected chi connectivity index (χ1v) is 3.61. The zero-order valence-corrected chi connectivity index (χ0v) is 7.56. The first kappa shape index (κ1) is 14.9. The zero-order chi connectivity index (χ0) is 10.3. The number of rotatable bonds is 6. The molecular weight excluding hydrogens is 194 g/mol. The van der Waals surface area contributed by atoms with Gasteiger partial charge in [-0.15, -0.1) is 0 Å². The monoisotopic (exact) mass is 207 g/mol. The van der Waals surface area contributed by atoms with E-state index in [1.54, 1.807) is 0 Å². The molecule has 0 aromatic rings. The quantitative estimate of drug-likeness (QED) is 0.522. The minimum absolute atomic E-state index is 0. The molecule has 0 unspecified atom stereocenters. The number of carbonyl (C=O) groups excluding carboxylic acids is 1. The molecule has 0 amide bonds. The Hall–Kier alpha value is -1.63. The van der Waals surface area contributed by atoms with E-state index in [-0.39, 0.29) is 32.0 Å². The van der Waals surface area contributed by atoms with E-state index in [4.69, 9.17) is 10.2 Å². The molecule has 0 atom stereocenters. The summed E-state index contributed by atoms with van der Waals surface area (Å²) in [5, 5.41) is 16.3. The van der Waals surface area contributed by atoms with E-state index >= 15 is 0 Å². The van der Waals surface area contributed by atoms with Crippen molar-refractivity contribution >= 4 is 17.9 Å². The molecule has 0 saturated carbocycles. The molecule has 0 rings (SSSR count). The van der Waals surface area contributed by atoms with Gasteiger partial charge in [0.05, 0.1) is 19.3 Å². The van der Waals surface area contributed by atoms with E-state index in [0.717, 1.165) is 0 Å². The Morgan fingerprint density at radius 1 is 0.929 bits per heavy atom. The minimum Gasteiger partial charge on any atom is -0.481 e. The van der Waals surface area contributed by atoms with Crippen molar-refractivity contribution in [2.24, 2.45) is 0 Å². The highest BCUT2D eigenvalue weighted by molar-refractivity contribution is 5.76. The van der Waals surface area contributed by atoms with Gasteiger partial charge < -0.3 is 21.1 Å². The van der Waals surface area contributed by atoms with Gasteiger partial charge in [0.2, 0.25) is 0 Å². The number of carboxylic acids is 2. The van der Waals surface area contributed by atoms with Gasteiger partial charge in [-0.2, -0.15) is 0 Å². The maximum absolute atomic E-state index is 10.7. The SMILES string of the molecule is N.O=C(O)CCOC(=O)CCC(=O)O. The predicted molar refractivity (Wildman–Crippen MR) is 45.1 cm³/mol. The number of carbonyl (C=O) groups is 3. The fourth-order valence-corrected chi connectivity index (χ4v) is 0.533. The van der Waals surface area contributed by atoms with Crippen LogP contribution in [0.4, 0.5) is 0 Å². The number of ether oxygens (including phenoxy) is 1. The van der Waals surface area contributed by atoms with Crippen molar-refractivity contribution < 1.29 is 29.3 Å². The lowest BCUT2D eigenvalue weighted by atomic mass is 10.3. The van der Waals surface area contributed by atoms with Crippen molar-refractivity contribution in [2.75, 3.05) is 6.61 Å². The largest absolute Gasteiger partial charge is 0.481 e. The van der Waals surface area contributed by atoms with E-state index in [1.807, 2.05) is 0 Å². The molecule has 5 N–H and O–H groups in total. The van der Waals surface area contributed by atoms with E-state index in [1.165, 1.54) is 0 Å². The smallest absolute Gasteiger partial charge is 0.306 e. The first-order chi connectivity index (χ1) is 6.02. The molecular formula is C7H13NO6. The highest BCUT2D eigenvalue weighted by Gasteiger charge is 2.06. The van der Waals surface area contributed by atoms with Crippen molar-refractivity contribution in [3.8, 4) is 0 Å². The van der Waals surface area contributed by atoms with Crippen molar-refractivity contribution in [1.82, 2.24) is 6.15 Å². The summed E-state index contributed by atoms with van der Waals surface area (Å²) < 4.78 is 4.42. The highest BCUT2D eigenvalue weighted by atomic mass is 16.5. The standard InChI is InChI=1S/C7H10O6.H3N/c8-5(9)1-2-7(12)13-4-3-6(10)11;/h1-4H2,(H,8,9)(H,10,11);1H3. The molecule has 82 valence electrons. The van der Waals surface area contributed by atoms with Crippen LogP contribution in [0.15, 0.2) is 0 Å². The Morgan fingerprint density at radius 3 is 1.86 bits per heavy atom. The fraction of sp³-hybridized carbons (Fsp3) is 0.571. The Kier molecular flexibility index (Phi) is 8.49.